The summed E-state index contributed by atoms with van der Waals surface area (Å²) in [6, 6.07) is 5.62. The van der Waals surface area contributed by atoms with Crippen molar-refractivity contribution in [2.45, 2.75) is 76.6 Å². The van der Waals surface area contributed by atoms with Gasteiger partial charge in [-0.15, -0.1) is 0 Å². The van der Waals surface area contributed by atoms with E-state index in [1.54, 1.807) is 4.90 Å². The molecule has 0 bridgehead atoms. The number of hydrogen-bond acceptors (Lipinski definition) is 6. The number of carboxylic acids is 1. The molecular weight excluding hydrogens is 492 g/mol. The van der Waals surface area contributed by atoms with E-state index < -0.39 is 23.5 Å². The van der Waals surface area contributed by atoms with Crippen molar-refractivity contribution in [3.05, 3.63) is 52.5 Å². The molecule has 1 saturated heterocycles. The summed E-state index contributed by atoms with van der Waals surface area (Å²) in [5, 5.41) is 13.4. The quantitative estimate of drug-likeness (QED) is 0.354. The molecule has 4 rings (SSSR count). The van der Waals surface area contributed by atoms with Crippen molar-refractivity contribution in [1.29, 1.82) is 0 Å². The van der Waals surface area contributed by atoms with Gasteiger partial charge < -0.3 is 19.9 Å². The van der Waals surface area contributed by atoms with Crippen LogP contribution in [0.1, 0.15) is 74.4 Å². The van der Waals surface area contributed by atoms with E-state index in [1.807, 2.05) is 0 Å². The number of rotatable bonds is 12. The minimum absolute atomic E-state index is 0.0749. The summed E-state index contributed by atoms with van der Waals surface area (Å²) in [7, 11) is 1.29. The van der Waals surface area contributed by atoms with E-state index in [-0.39, 0.29) is 23.0 Å². The number of hydrogen-bond donors (Lipinski definition) is 2. The highest BCUT2D eigenvalue weighted by Crippen LogP contribution is 2.38. The number of nitrogens with zero attached hydrogens (tertiary/aromatic N) is 2. The summed E-state index contributed by atoms with van der Waals surface area (Å²) in [5.41, 5.74) is 0.774. The van der Waals surface area contributed by atoms with Gasteiger partial charge in [0.1, 0.15) is 17.5 Å². The van der Waals surface area contributed by atoms with Crippen molar-refractivity contribution in [2.24, 2.45) is 0 Å². The van der Waals surface area contributed by atoms with Crippen LogP contribution >= 0.6 is 0 Å². The van der Waals surface area contributed by atoms with Crippen molar-refractivity contribution < 1.29 is 28.2 Å². The molecule has 9 heteroatoms. The van der Waals surface area contributed by atoms with E-state index in [0.29, 0.717) is 26.1 Å². The summed E-state index contributed by atoms with van der Waals surface area (Å²) in [6.45, 7) is 5.09. The number of aryl methyl sites for hydroxylation is 2. The number of anilines is 1. The van der Waals surface area contributed by atoms with Crippen molar-refractivity contribution in [3.8, 4) is 5.75 Å². The molecular formula is C29H39F2N3O4. The number of aromatic nitrogens is 1. The fourth-order valence-electron chi connectivity index (χ4n) is 5.33. The second-order valence-corrected chi connectivity index (χ2v) is 10.7. The Hall–Kier alpha value is -2.78. The van der Waals surface area contributed by atoms with Crippen molar-refractivity contribution >= 4 is 11.8 Å². The smallest absolute Gasteiger partial charge is 0.325 e. The normalized spacial score (nSPS) is 18.6. The molecule has 3 heterocycles. The van der Waals surface area contributed by atoms with Crippen LogP contribution in [0.2, 0.25) is 0 Å². The Labute approximate surface area is 223 Å². The molecule has 1 aromatic heterocycles. The van der Waals surface area contributed by atoms with Crippen LogP contribution < -0.4 is 10.1 Å². The summed E-state index contributed by atoms with van der Waals surface area (Å²) in [6.07, 6.45) is 6.69. The lowest BCUT2D eigenvalue weighted by atomic mass is 9.94. The monoisotopic (exact) mass is 531 g/mol. The minimum Gasteiger partial charge on any atom is -0.493 e. The Balaban J connectivity index is 1.27. The summed E-state index contributed by atoms with van der Waals surface area (Å²) < 4.78 is 40.6. The van der Waals surface area contributed by atoms with Crippen molar-refractivity contribution in [2.75, 3.05) is 38.7 Å². The fourth-order valence-corrected chi connectivity index (χ4v) is 5.33. The van der Waals surface area contributed by atoms with Gasteiger partial charge >= 0.3 is 5.97 Å². The maximum Gasteiger partial charge on any atom is 0.325 e. The van der Waals surface area contributed by atoms with Crippen LogP contribution in [0.25, 0.3) is 0 Å². The maximum absolute atomic E-state index is 14.7. The molecule has 2 aromatic rings. The predicted octanol–water partition coefficient (Wildman–Crippen LogP) is 5.42. The number of pyridine rings is 1. The number of methoxy groups -OCH3 is 1. The number of fused-ring (bicyclic) bond motifs is 1. The van der Waals surface area contributed by atoms with E-state index in [4.69, 9.17) is 14.5 Å². The number of ether oxygens (including phenoxy) is 2. The molecule has 0 saturated carbocycles. The van der Waals surface area contributed by atoms with Gasteiger partial charge in [0, 0.05) is 37.5 Å². The molecule has 208 valence electrons. The molecule has 2 aliphatic rings. The molecule has 0 radical (unpaired) electrons. The van der Waals surface area contributed by atoms with Gasteiger partial charge in [0.15, 0.2) is 11.6 Å². The summed E-state index contributed by atoms with van der Waals surface area (Å²) in [5.74, 6) is -1.05. The highest BCUT2D eigenvalue weighted by atomic mass is 19.1. The number of aliphatic carboxylic acids is 1. The summed E-state index contributed by atoms with van der Waals surface area (Å²) in [4.78, 5) is 18.8. The van der Waals surface area contributed by atoms with Crippen LogP contribution in [0, 0.1) is 5.82 Å². The lowest BCUT2D eigenvalue weighted by Gasteiger charge is -2.27. The number of likely N-dealkylation sites (tertiary alicyclic amines) is 1. The second-order valence-electron chi connectivity index (χ2n) is 10.7. The van der Waals surface area contributed by atoms with Gasteiger partial charge in [-0.25, -0.2) is 13.8 Å². The van der Waals surface area contributed by atoms with Gasteiger partial charge in [-0.3, -0.25) is 9.69 Å². The zero-order chi connectivity index (χ0) is 27.3. The molecule has 2 aliphatic heterocycles. The Morgan fingerprint density at radius 3 is 2.84 bits per heavy atom. The van der Waals surface area contributed by atoms with E-state index in [9.17, 15) is 18.7 Å². The lowest BCUT2D eigenvalue weighted by Crippen LogP contribution is -2.34. The molecule has 38 heavy (non-hydrogen) atoms. The number of alkyl halides is 1. The first kappa shape index (κ1) is 28.2. The minimum atomic E-state index is -1.82. The summed E-state index contributed by atoms with van der Waals surface area (Å²) >= 11 is 0. The van der Waals surface area contributed by atoms with Gasteiger partial charge in [-0.05, 0) is 81.7 Å². The lowest BCUT2D eigenvalue weighted by molar-refractivity contribution is -0.143. The average molecular weight is 532 g/mol. The highest BCUT2D eigenvalue weighted by molar-refractivity contribution is 5.77. The standard InChI is InChI=1S/C29H39F2N3O4/c1-29(2,31)20-16-23(26(37-3)24(30)17-20)25(28(35)36)34-14-12-22(18-34)38-15-6-4-5-9-21-11-10-19-8-7-13-32-27(19)33-21/h10-11,16-17,22,25H,4-9,12-15,18H2,1-3H3,(H,32,33)(H,35,36)/t22-,25-/m1/s1. The molecule has 7 nitrogen and oxygen atoms in total. The largest absolute Gasteiger partial charge is 0.493 e. The molecule has 0 spiro atoms. The number of nitrogens with one attached hydrogen (secondary N) is 1. The predicted molar refractivity (Wildman–Crippen MR) is 142 cm³/mol. The molecule has 2 atom stereocenters. The third kappa shape index (κ3) is 6.80. The van der Waals surface area contributed by atoms with Crippen LogP contribution in [-0.2, 0) is 28.0 Å². The fraction of sp³-hybridized carbons (Fsp3) is 0.586. The van der Waals surface area contributed by atoms with Crippen LogP contribution in [0.5, 0.6) is 5.75 Å². The van der Waals surface area contributed by atoms with Crippen LogP contribution in [0.4, 0.5) is 14.6 Å². The van der Waals surface area contributed by atoms with Gasteiger partial charge in [-0.1, -0.05) is 12.5 Å². The zero-order valence-electron chi connectivity index (χ0n) is 22.6. The molecule has 0 aliphatic carbocycles. The molecule has 1 aromatic carbocycles. The highest BCUT2D eigenvalue weighted by Gasteiger charge is 2.37. The number of halogens is 2. The topological polar surface area (TPSA) is 83.9 Å². The van der Waals surface area contributed by atoms with Crippen molar-refractivity contribution in [1.82, 2.24) is 9.88 Å². The number of carbonyl (C=O) groups is 1. The zero-order valence-corrected chi connectivity index (χ0v) is 22.6. The first-order valence-electron chi connectivity index (χ1n) is 13.6. The van der Waals surface area contributed by atoms with Crippen molar-refractivity contribution in [3.63, 3.8) is 0 Å². The van der Waals surface area contributed by atoms with Crippen LogP contribution in [-0.4, -0.2) is 60.4 Å². The molecule has 0 unspecified atom stereocenters. The maximum atomic E-state index is 14.7. The van der Waals surface area contributed by atoms with E-state index in [1.165, 1.54) is 32.6 Å². The average Bonchev–Trinajstić information content (AvgIpc) is 3.33. The SMILES string of the molecule is COc1c(F)cc(C(C)(C)F)cc1[C@H](C(=O)O)N1CC[C@@H](OCCCCCc2ccc3c(n2)NCCC3)C1. The third-order valence-electron chi connectivity index (χ3n) is 7.42. The first-order valence-corrected chi connectivity index (χ1v) is 13.6. The third-order valence-corrected chi connectivity index (χ3v) is 7.42. The first-order chi connectivity index (χ1) is 18.2. The van der Waals surface area contributed by atoms with Crippen LogP contribution in [0.15, 0.2) is 24.3 Å². The number of unbranched alkanes of at least 4 members (excludes halogenated alkanes) is 2. The Morgan fingerprint density at radius 1 is 1.29 bits per heavy atom. The van der Waals surface area contributed by atoms with Gasteiger partial charge in [-0.2, -0.15) is 0 Å². The second kappa shape index (κ2) is 12.4. The number of carboxylic acid groups (broad SMARTS) is 1. The van der Waals surface area contributed by atoms with Gasteiger partial charge in [0.2, 0.25) is 0 Å². The molecule has 0 amide bonds. The van der Waals surface area contributed by atoms with E-state index in [2.05, 4.69) is 17.4 Å². The van der Waals surface area contributed by atoms with E-state index >= 15 is 0 Å². The van der Waals surface area contributed by atoms with Crippen LogP contribution in [0.3, 0.4) is 0 Å². The van der Waals surface area contributed by atoms with Gasteiger partial charge in [0.05, 0.1) is 13.2 Å². The molecule has 1 fully saturated rings. The Kier molecular flexibility index (Phi) is 9.20. The number of benzene rings is 1. The Morgan fingerprint density at radius 2 is 2.11 bits per heavy atom. The van der Waals surface area contributed by atoms with Gasteiger partial charge in [0.25, 0.3) is 0 Å². The van der Waals surface area contributed by atoms with E-state index in [0.717, 1.165) is 62.6 Å². The Bertz CT molecular complexity index is 1120. The molecule has 2 N–H and O–H groups in total.